The minimum atomic E-state index is -4.05. The number of nitrogens with two attached hydrogens (primary N) is 1. The van der Waals surface area contributed by atoms with Gasteiger partial charge in [-0.3, -0.25) is 28.9 Å². The predicted molar refractivity (Wildman–Crippen MR) is 230 cm³/mol. The van der Waals surface area contributed by atoms with E-state index in [0.717, 1.165) is 36.8 Å². The Hall–Kier alpha value is -6.18. The maximum Gasteiger partial charge on any atom is 0.307 e. The molecule has 15 nitrogen and oxygen atoms in total. The van der Waals surface area contributed by atoms with Gasteiger partial charge in [0, 0.05) is 48.3 Å². The van der Waals surface area contributed by atoms with Crippen molar-refractivity contribution in [2.75, 3.05) is 0 Å². The van der Waals surface area contributed by atoms with Crippen LogP contribution < -0.4 is 9.86 Å². The molecule has 2 aromatic carbocycles. The van der Waals surface area contributed by atoms with Gasteiger partial charge in [-0.05, 0) is 107 Å². The summed E-state index contributed by atoms with van der Waals surface area (Å²) in [6.07, 6.45) is 15.6. The number of pyridine rings is 2. The van der Waals surface area contributed by atoms with E-state index in [4.69, 9.17) is 10.2 Å². The number of aromatic nitrogens is 6. The van der Waals surface area contributed by atoms with Crippen molar-refractivity contribution >= 4 is 31.9 Å². The van der Waals surface area contributed by atoms with Gasteiger partial charge < -0.3 is 5.11 Å². The van der Waals surface area contributed by atoms with Gasteiger partial charge in [-0.1, -0.05) is 39.8 Å². The number of amides is 1. The molecule has 0 spiro atoms. The van der Waals surface area contributed by atoms with Gasteiger partial charge in [0.05, 0.1) is 37.3 Å². The van der Waals surface area contributed by atoms with Crippen LogP contribution in [0.15, 0.2) is 108 Å². The number of rotatable bonds is 13. The van der Waals surface area contributed by atoms with Crippen LogP contribution in [-0.2, 0) is 42.5 Å². The summed E-state index contributed by atoms with van der Waals surface area (Å²) in [5.41, 5.74) is 5.10. The second-order valence-corrected chi connectivity index (χ2v) is 19.2. The summed E-state index contributed by atoms with van der Waals surface area (Å²) in [4.78, 5) is 32.0. The first-order chi connectivity index (χ1) is 29.8. The van der Waals surface area contributed by atoms with E-state index in [9.17, 15) is 35.2 Å². The smallest absolute Gasteiger partial charge is 0.307 e. The third-order valence-electron chi connectivity index (χ3n) is 10.2. The van der Waals surface area contributed by atoms with E-state index in [2.05, 4.69) is 24.9 Å². The Balaban J connectivity index is 0.000000175. The van der Waals surface area contributed by atoms with Crippen molar-refractivity contribution in [3.8, 4) is 22.3 Å². The summed E-state index contributed by atoms with van der Waals surface area (Å²) in [6, 6.07) is 13.2. The zero-order valence-electron chi connectivity index (χ0n) is 35.0. The van der Waals surface area contributed by atoms with Crippen molar-refractivity contribution in [1.82, 2.24) is 34.3 Å². The Labute approximate surface area is 364 Å². The van der Waals surface area contributed by atoms with E-state index >= 15 is 0 Å². The minimum absolute atomic E-state index is 0.0514. The minimum Gasteiger partial charge on any atom is -0.481 e. The zero-order chi connectivity index (χ0) is 45.6. The molecule has 0 bridgehead atoms. The quantitative estimate of drug-likeness (QED) is 0.106. The lowest BCUT2D eigenvalue weighted by molar-refractivity contribution is -0.136. The van der Waals surface area contributed by atoms with Crippen LogP contribution in [0.25, 0.3) is 22.3 Å². The third kappa shape index (κ3) is 12.3. The number of halogens is 2. The van der Waals surface area contributed by atoms with Crippen molar-refractivity contribution in [2.24, 2.45) is 5.14 Å². The molecule has 332 valence electrons. The maximum absolute atomic E-state index is 14.3. The molecule has 63 heavy (non-hydrogen) atoms. The highest BCUT2D eigenvalue weighted by atomic mass is 32.2. The Morgan fingerprint density at radius 1 is 0.730 bits per heavy atom. The lowest BCUT2D eigenvalue weighted by Gasteiger charge is -2.18. The van der Waals surface area contributed by atoms with Crippen molar-refractivity contribution < 1.29 is 40.3 Å². The van der Waals surface area contributed by atoms with Gasteiger partial charge >= 0.3 is 5.97 Å². The second kappa shape index (κ2) is 19.5. The highest BCUT2D eigenvalue weighted by Gasteiger charge is 2.28. The number of aliphatic carboxylic acids is 1. The maximum atomic E-state index is 14.3. The predicted octanol–water partition coefficient (Wildman–Crippen LogP) is 7.09. The number of carboxylic acid groups (broad SMARTS) is 1. The standard InChI is InChI=1S/C22H23FN4O3S.C16H16FNO2.C6H9N3O2S/c1-14(2)19-8-16(23)9-20(15-4-3-7-24-11-15)21(19)10-22(28)26-31(29,30)18-12-25-27(13-18)17-5-6-17;1-10(2)13-6-12(17)7-14(15(13)8-16(19)20)11-4-3-5-18-9-11;7-12(10,11)6-3-8-9(4-6)5-1-2-5/h3-4,7-9,11-14,17H,5-6,10H2,1-2H3,(H,26,28);3-7,9-10H,8H2,1-2H3,(H,19,20);3-5H,1-2H2,(H2,7,10,11). The van der Waals surface area contributed by atoms with Gasteiger partial charge in [-0.15, -0.1) is 0 Å². The highest BCUT2D eigenvalue weighted by Crippen LogP contribution is 2.36. The van der Waals surface area contributed by atoms with Crippen LogP contribution >= 0.6 is 0 Å². The molecule has 2 saturated carbocycles. The van der Waals surface area contributed by atoms with Crippen molar-refractivity contribution in [3.05, 3.63) is 132 Å². The third-order valence-corrected chi connectivity index (χ3v) is 12.4. The molecule has 2 aliphatic carbocycles. The molecule has 8 rings (SSSR count). The first-order valence-electron chi connectivity index (χ1n) is 20.1. The van der Waals surface area contributed by atoms with Crippen molar-refractivity contribution in [3.63, 3.8) is 0 Å². The van der Waals surface area contributed by atoms with E-state index in [1.54, 1.807) is 58.4 Å². The van der Waals surface area contributed by atoms with Crippen LogP contribution in [0.4, 0.5) is 8.78 Å². The van der Waals surface area contributed by atoms with Crippen LogP contribution in [-0.4, -0.2) is 63.3 Å². The fraction of sp³-hybridized carbons (Fsp3) is 0.318. The lowest BCUT2D eigenvalue weighted by Crippen LogP contribution is -2.32. The summed E-state index contributed by atoms with van der Waals surface area (Å²) in [5.74, 6) is -2.42. The van der Waals surface area contributed by atoms with Gasteiger partial charge in [0.25, 0.3) is 10.0 Å². The highest BCUT2D eigenvalue weighted by molar-refractivity contribution is 7.90. The molecule has 0 unspecified atom stereocenters. The topological polar surface area (TPSA) is 222 Å². The van der Waals surface area contributed by atoms with E-state index < -0.39 is 37.7 Å². The van der Waals surface area contributed by atoms with Crippen LogP contribution in [0.3, 0.4) is 0 Å². The number of hydrogen-bond donors (Lipinski definition) is 3. The van der Waals surface area contributed by atoms with Crippen LogP contribution in [0, 0.1) is 11.6 Å². The fourth-order valence-electron chi connectivity index (χ4n) is 6.86. The monoisotopic (exact) mass is 902 g/mol. The molecule has 4 heterocycles. The molecule has 4 N–H and O–H groups in total. The Kier molecular flexibility index (Phi) is 14.3. The average Bonchev–Trinajstić information content (AvgIpc) is 4.16. The molecule has 19 heteroatoms. The molecule has 6 aromatic rings. The van der Waals surface area contributed by atoms with Crippen LogP contribution in [0.1, 0.15) is 99.6 Å². The van der Waals surface area contributed by atoms with Crippen molar-refractivity contribution in [1.29, 1.82) is 0 Å². The molecule has 2 fully saturated rings. The van der Waals surface area contributed by atoms with E-state index in [-0.39, 0.29) is 46.3 Å². The Morgan fingerprint density at radius 3 is 1.56 bits per heavy atom. The zero-order valence-corrected chi connectivity index (χ0v) is 36.7. The molecule has 1 amide bonds. The summed E-state index contributed by atoms with van der Waals surface area (Å²) in [7, 11) is -7.62. The molecule has 4 aromatic heterocycles. The van der Waals surface area contributed by atoms with Gasteiger partial charge in [0.2, 0.25) is 15.9 Å². The largest absolute Gasteiger partial charge is 0.481 e. The summed E-state index contributed by atoms with van der Waals surface area (Å²) in [5, 5.41) is 22.0. The first kappa shape index (κ1) is 46.3. The molecular weight excluding hydrogens is 855 g/mol. The lowest BCUT2D eigenvalue weighted by atomic mass is 9.88. The second-order valence-electron chi connectivity index (χ2n) is 15.9. The number of nitrogens with zero attached hydrogens (tertiary/aromatic N) is 6. The van der Waals surface area contributed by atoms with E-state index in [0.29, 0.717) is 39.4 Å². The summed E-state index contributed by atoms with van der Waals surface area (Å²) >= 11 is 0. The first-order valence-corrected chi connectivity index (χ1v) is 23.2. The molecule has 0 radical (unpaired) electrons. The van der Waals surface area contributed by atoms with Gasteiger partial charge in [0.15, 0.2) is 0 Å². The fourth-order valence-corrected chi connectivity index (χ4v) is 8.23. The normalized spacial score (nSPS) is 13.8. The Bertz CT molecular complexity index is 2810. The number of hydrogen-bond acceptors (Lipinski definition) is 10. The summed E-state index contributed by atoms with van der Waals surface area (Å²) < 4.78 is 80.5. The van der Waals surface area contributed by atoms with Crippen LogP contribution in [0.5, 0.6) is 0 Å². The molecular formula is C44H48F2N8O7S2. The van der Waals surface area contributed by atoms with Crippen molar-refractivity contribution in [2.45, 2.75) is 99.9 Å². The number of carbonyl (C=O) groups excluding carboxylic acids is 1. The van der Waals surface area contributed by atoms with E-state index in [1.165, 1.54) is 49.1 Å². The molecule has 0 atom stereocenters. The number of sulfonamides is 2. The van der Waals surface area contributed by atoms with Gasteiger partial charge in [-0.2, -0.15) is 10.2 Å². The van der Waals surface area contributed by atoms with E-state index in [1.807, 2.05) is 27.7 Å². The number of benzene rings is 2. The van der Waals surface area contributed by atoms with Crippen LogP contribution in [0.2, 0.25) is 0 Å². The number of carboxylic acids is 1. The van der Waals surface area contributed by atoms with Gasteiger partial charge in [0.1, 0.15) is 21.4 Å². The summed E-state index contributed by atoms with van der Waals surface area (Å²) in [6.45, 7) is 7.64. The number of nitrogens with one attached hydrogen (secondary N) is 1. The van der Waals surface area contributed by atoms with Gasteiger partial charge in [-0.25, -0.2) is 35.5 Å². The average molecular weight is 903 g/mol. The number of carbonyl (C=O) groups is 2. The molecule has 2 aliphatic rings. The Morgan fingerprint density at radius 2 is 1.17 bits per heavy atom. The molecule has 0 saturated heterocycles. The number of primary sulfonamides is 1. The SMILES string of the molecule is CC(C)c1cc(F)cc(-c2cccnc2)c1CC(=O)NS(=O)(=O)c1cnn(C2CC2)c1.CC(C)c1cc(F)cc(-c2cccnc2)c1CC(=O)O.NS(=O)(=O)c1cnn(C2CC2)c1. The molecule has 0 aliphatic heterocycles.